The second kappa shape index (κ2) is 3.51. The van der Waals surface area contributed by atoms with E-state index >= 15 is 0 Å². The number of ether oxygens (including phenoxy) is 1. The van der Waals surface area contributed by atoms with Crippen molar-refractivity contribution < 1.29 is 17.9 Å². The Hall–Kier alpha value is -0.620. The lowest BCUT2D eigenvalue weighted by atomic mass is 10.2. The van der Waals surface area contributed by atoms with Gasteiger partial charge in [0, 0.05) is 13.1 Å². The van der Waals surface area contributed by atoms with Gasteiger partial charge < -0.3 is 10.1 Å². The molecule has 1 saturated heterocycles. The third-order valence-corrected chi connectivity index (χ3v) is 5.28. The fourth-order valence-corrected chi connectivity index (χ4v) is 3.20. The number of nitrogens with one attached hydrogen (secondary N) is 1. The van der Waals surface area contributed by atoms with Gasteiger partial charge in [0.15, 0.2) is 15.1 Å². The van der Waals surface area contributed by atoms with Crippen molar-refractivity contribution in [3.05, 3.63) is 0 Å². The quantitative estimate of drug-likeness (QED) is 0.594. The summed E-state index contributed by atoms with van der Waals surface area (Å²) in [6.07, 6.45) is 0. The topological polar surface area (TPSA) is 72.5 Å². The summed E-state index contributed by atoms with van der Waals surface area (Å²) >= 11 is 0. The van der Waals surface area contributed by atoms with Gasteiger partial charge >= 0.3 is 5.97 Å². The molecule has 1 atom stereocenters. The molecule has 1 rings (SSSR count). The lowest BCUT2D eigenvalue weighted by Crippen LogP contribution is -2.58. The maximum Gasteiger partial charge on any atom is 0.325 e. The van der Waals surface area contributed by atoms with Crippen LogP contribution in [0.3, 0.4) is 0 Å². The number of esters is 1. The molecule has 0 aromatic rings. The van der Waals surface area contributed by atoms with Gasteiger partial charge in [-0.3, -0.25) is 4.79 Å². The Bertz CT molecular complexity index is 333. The smallest absolute Gasteiger partial charge is 0.325 e. The Morgan fingerprint density at radius 3 is 2.57 bits per heavy atom. The zero-order valence-corrected chi connectivity index (χ0v) is 9.35. The number of hydrogen-bond donors (Lipinski definition) is 1. The van der Waals surface area contributed by atoms with Crippen molar-refractivity contribution in [2.45, 2.75) is 23.8 Å². The summed E-state index contributed by atoms with van der Waals surface area (Å²) in [5.41, 5.74) is 0. The Labute approximate surface area is 83.7 Å². The summed E-state index contributed by atoms with van der Waals surface area (Å²) in [6.45, 7) is 3.70. The molecule has 1 fully saturated rings. The highest BCUT2D eigenvalue weighted by Gasteiger charge is 2.47. The first kappa shape index (κ1) is 11.5. The van der Waals surface area contributed by atoms with E-state index < -0.39 is 25.8 Å². The Morgan fingerprint density at radius 2 is 2.07 bits per heavy atom. The van der Waals surface area contributed by atoms with E-state index in [2.05, 4.69) is 10.1 Å². The van der Waals surface area contributed by atoms with E-state index in [1.54, 1.807) is 13.8 Å². The summed E-state index contributed by atoms with van der Waals surface area (Å²) in [5.74, 6) is -0.690. The van der Waals surface area contributed by atoms with Crippen molar-refractivity contribution in [1.82, 2.24) is 5.32 Å². The van der Waals surface area contributed by atoms with Crippen molar-refractivity contribution >= 4 is 15.8 Å². The Kier molecular flexibility index (Phi) is 2.87. The largest absolute Gasteiger partial charge is 0.468 e. The summed E-state index contributed by atoms with van der Waals surface area (Å²) in [5, 5.41) is 1.84. The minimum atomic E-state index is -3.45. The Morgan fingerprint density at radius 1 is 1.50 bits per heavy atom. The monoisotopic (exact) mass is 221 g/mol. The van der Waals surface area contributed by atoms with Crippen molar-refractivity contribution in [3.63, 3.8) is 0 Å². The molecule has 1 N–H and O–H groups in total. The first-order chi connectivity index (χ1) is 6.33. The molecule has 0 aliphatic carbocycles. The summed E-state index contributed by atoms with van der Waals surface area (Å²) in [4.78, 5) is 11.2. The van der Waals surface area contributed by atoms with Crippen LogP contribution in [-0.2, 0) is 19.4 Å². The molecule has 1 aliphatic heterocycles. The van der Waals surface area contributed by atoms with Gasteiger partial charge in [-0.25, -0.2) is 8.42 Å². The zero-order chi connectivity index (χ0) is 11.0. The third-order valence-electron chi connectivity index (χ3n) is 2.49. The first-order valence-corrected chi connectivity index (χ1v) is 5.89. The van der Waals surface area contributed by atoms with E-state index in [9.17, 15) is 13.2 Å². The second-order valence-corrected chi connectivity index (χ2v) is 6.71. The molecule has 1 aliphatic rings. The molecule has 82 valence electrons. The van der Waals surface area contributed by atoms with Crippen molar-refractivity contribution in [2.24, 2.45) is 0 Å². The number of hydrogen-bond acceptors (Lipinski definition) is 5. The van der Waals surface area contributed by atoms with Gasteiger partial charge in [-0.05, 0) is 13.8 Å². The van der Waals surface area contributed by atoms with Crippen LogP contribution >= 0.6 is 0 Å². The van der Waals surface area contributed by atoms with Gasteiger partial charge in [0.2, 0.25) is 0 Å². The van der Waals surface area contributed by atoms with Crippen LogP contribution in [0.5, 0.6) is 0 Å². The van der Waals surface area contributed by atoms with Crippen molar-refractivity contribution in [2.75, 3.05) is 20.2 Å². The molecule has 0 saturated carbocycles. The van der Waals surface area contributed by atoms with E-state index in [0.29, 0.717) is 6.54 Å². The molecular formula is C8H15NO4S. The van der Waals surface area contributed by atoms with Crippen LogP contribution < -0.4 is 5.32 Å². The average molecular weight is 221 g/mol. The van der Waals surface area contributed by atoms with Crippen molar-refractivity contribution in [3.8, 4) is 0 Å². The lowest BCUT2D eigenvalue weighted by Gasteiger charge is -2.34. The molecule has 0 spiro atoms. The molecule has 14 heavy (non-hydrogen) atoms. The van der Waals surface area contributed by atoms with Gasteiger partial charge in [-0.1, -0.05) is 0 Å². The zero-order valence-electron chi connectivity index (χ0n) is 8.53. The van der Waals surface area contributed by atoms with Crippen LogP contribution in [0.2, 0.25) is 0 Å². The van der Waals surface area contributed by atoms with Crippen LogP contribution in [0.1, 0.15) is 13.8 Å². The third kappa shape index (κ3) is 1.64. The maximum absolute atomic E-state index is 11.9. The predicted molar refractivity (Wildman–Crippen MR) is 51.7 cm³/mol. The number of methoxy groups -OCH3 is 1. The van der Waals surface area contributed by atoms with Gasteiger partial charge in [0.25, 0.3) is 0 Å². The standard InChI is InChI=1S/C8H15NO4S/c1-8(2)5-9-4-6(7(10)13-3)14(8,11)12/h6,9H,4-5H2,1-3H3. The molecule has 0 radical (unpaired) electrons. The number of sulfone groups is 1. The summed E-state index contributed by atoms with van der Waals surface area (Å²) in [7, 11) is -2.26. The molecular weight excluding hydrogens is 206 g/mol. The lowest BCUT2D eigenvalue weighted by molar-refractivity contribution is -0.140. The highest BCUT2D eigenvalue weighted by atomic mass is 32.2. The fraction of sp³-hybridized carbons (Fsp3) is 0.875. The molecule has 1 heterocycles. The van der Waals surface area contributed by atoms with Crippen LogP contribution in [0.25, 0.3) is 0 Å². The van der Waals surface area contributed by atoms with Crippen LogP contribution in [0, 0.1) is 0 Å². The van der Waals surface area contributed by atoms with Gasteiger partial charge in [0.1, 0.15) is 0 Å². The van der Waals surface area contributed by atoms with E-state index in [-0.39, 0.29) is 6.54 Å². The van der Waals surface area contributed by atoms with Gasteiger partial charge in [0.05, 0.1) is 11.9 Å². The molecule has 1 unspecified atom stereocenters. The molecule has 0 aromatic heterocycles. The van der Waals surface area contributed by atoms with Crippen LogP contribution in [0.15, 0.2) is 0 Å². The van der Waals surface area contributed by atoms with E-state index in [1.165, 1.54) is 7.11 Å². The molecule has 0 aromatic carbocycles. The minimum absolute atomic E-state index is 0.137. The van der Waals surface area contributed by atoms with Gasteiger partial charge in [-0.2, -0.15) is 0 Å². The van der Waals surface area contributed by atoms with E-state index in [1.807, 2.05) is 0 Å². The predicted octanol–water partition coefficient (Wildman–Crippen LogP) is -0.675. The molecule has 5 nitrogen and oxygen atoms in total. The number of carbonyl (C=O) groups excluding carboxylic acids is 1. The van der Waals surface area contributed by atoms with Gasteiger partial charge in [-0.15, -0.1) is 0 Å². The van der Waals surface area contributed by atoms with E-state index in [0.717, 1.165) is 0 Å². The highest BCUT2D eigenvalue weighted by Crippen LogP contribution is 2.24. The van der Waals surface area contributed by atoms with E-state index in [4.69, 9.17) is 0 Å². The summed E-state index contributed by atoms with van der Waals surface area (Å²) in [6, 6.07) is 0. The van der Waals surface area contributed by atoms with Crippen LogP contribution in [0.4, 0.5) is 0 Å². The SMILES string of the molecule is COC(=O)C1CNCC(C)(C)S1(=O)=O. The normalized spacial score (nSPS) is 29.5. The minimum Gasteiger partial charge on any atom is -0.468 e. The fourth-order valence-electron chi connectivity index (χ4n) is 1.44. The second-order valence-electron chi connectivity index (χ2n) is 3.95. The first-order valence-electron chi connectivity index (χ1n) is 4.35. The maximum atomic E-state index is 11.9. The number of rotatable bonds is 1. The van der Waals surface area contributed by atoms with Crippen molar-refractivity contribution in [1.29, 1.82) is 0 Å². The highest BCUT2D eigenvalue weighted by molar-refractivity contribution is 7.94. The summed E-state index contributed by atoms with van der Waals surface area (Å²) < 4.78 is 27.3. The molecule has 0 amide bonds. The average Bonchev–Trinajstić information content (AvgIpc) is 2.08. The molecule has 0 bridgehead atoms. The number of carbonyl (C=O) groups is 1. The Balaban J connectivity index is 3.05. The van der Waals surface area contributed by atoms with Crippen LogP contribution in [-0.4, -0.2) is 44.6 Å². The molecule has 6 heteroatoms.